The van der Waals surface area contributed by atoms with E-state index in [1.807, 2.05) is 65.3 Å². The van der Waals surface area contributed by atoms with E-state index >= 15 is 0 Å². The molecule has 0 atom stereocenters. The zero-order valence-electron chi connectivity index (χ0n) is 18.5. The van der Waals surface area contributed by atoms with E-state index in [1.165, 1.54) is 0 Å². The lowest BCUT2D eigenvalue weighted by atomic mass is 10.0. The number of Topliss-reactive ketones (excluding diaryl/α,β-unsaturated/α-hetero) is 1. The summed E-state index contributed by atoms with van der Waals surface area (Å²) in [4.78, 5) is 26.5. The number of anilines is 1. The molecule has 0 unspecified atom stereocenters. The third-order valence-corrected chi connectivity index (χ3v) is 6.19. The quantitative estimate of drug-likeness (QED) is 0.437. The Morgan fingerprint density at radius 1 is 0.909 bits per heavy atom. The summed E-state index contributed by atoms with van der Waals surface area (Å²) in [6.45, 7) is 3.35. The van der Waals surface area contributed by atoms with Crippen LogP contribution in [0.5, 0.6) is 0 Å². The highest BCUT2D eigenvalue weighted by molar-refractivity contribution is 5.94. The van der Waals surface area contributed by atoms with Crippen molar-refractivity contribution < 1.29 is 4.79 Å². The van der Waals surface area contributed by atoms with Gasteiger partial charge in [0, 0.05) is 36.6 Å². The van der Waals surface area contributed by atoms with Crippen LogP contribution < -0.4 is 10.3 Å². The van der Waals surface area contributed by atoms with Gasteiger partial charge in [0.15, 0.2) is 11.5 Å². The second-order valence-electron chi connectivity index (χ2n) is 8.29. The van der Waals surface area contributed by atoms with Crippen LogP contribution in [0.4, 0.5) is 5.69 Å². The molecule has 1 aliphatic rings. The fourth-order valence-corrected chi connectivity index (χ4v) is 4.36. The minimum atomic E-state index is -0.119. The third kappa shape index (κ3) is 4.22. The highest BCUT2D eigenvalue weighted by atomic mass is 16.1. The summed E-state index contributed by atoms with van der Waals surface area (Å²) in [6, 6.07) is 21.2. The zero-order valence-corrected chi connectivity index (χ0v) is 18.5. The van der Waals surface area contributed by atoms with Gasteiger partial charge in [0.2, 0.25) is 5.43 Å². The first-order valence-corrected chi connectivity index (χ1v) is 11.2. The summed E-state index contributed by atoms with van der Waals surface area (Å²) in [5.41, 5.74) is 3.71. The van der Waals surface area contributed by atoms with E-state index < -0.39 is 0 Å². The SMILES string of the molecule is CC(=O)c1ccc(N2CCC(n3ccc(=O)c(-c4ccnn4-c4ccccc4)n3)CC2)cc1. The van der Waals surface area contributed by atoms with Crippen molar-refractivity contribution in [2.45, 2.75) is 25.8 Å². The topological polar surface area (TPSA) is 73.0 Å². The Balaban J connectivity index is 1.35. The predicted molar refractivity (Wildman–Crippen MR) is 128 cm³/mol. The number of para-hydroxylation sites is 1. The third-order valence-electron chi connectivity index (χ3n) is 6.19. The largest absolute Gasteiger partial charge is 0.371 e. The fraction of sp³-hybridized carbons (Fsp3) is 0.231. The van der Waals surface area contributed by atoms with Crippen LogP contribution in [0, 0.1) is 0 Å². The second kappa shape index (κ2) is 8.86. The lowest BCUT2D eigenvalue weighted by molar-refractivity contribution is 0.101. The molecule has 4 aromatic rings. The number of rotatable bonds is 5. The van der Waals surface area contributed by atoms with Gasteiger partial charge in [0.05, 0.1) is 23.6 Å². The van der Waals surface area contributed by atoms with Crippen LogP contribution in [-0.2, 0) is 0 Å². The molecule has 2 aromatic heterocycles. The van der Waals surface area contributed by atoms with Gasteiger partial charge in [0.1, 0.15) is 0 Å². The summed E-state index contributed by atoms with van der Waals surface area (Å²) < 4.78 is 3.68. The Kier molecular flexibility index (Phi) is 5.60. The lowest BCUT2D eigenvalue weighted by Crippen LogP contribution is -2.35. The molecule has 2 aromatic carbocycles. The van der Waals surface area contributed by atoms with Gasteiger partial charge in [-0.05, 0) is 62.2 Å². The van der Waals surface area contributed by atoms with Crippen molar-refractivity contribution in [3.8, 4) is 17.1 Å². The predicted octanol–water partition coefficient (Wildman–Crippen LogP) is 4.14. The first kappa shape index (κ1) is 20.9. The Bertz CT molecular complexity index is 1320. The van der Waals surface area contributed by atoms with Crippen molar-refractivity contribution in [3.63, 3.8) is 0 Å². The number of aromatic nitrogens is 4. The molecule has 0 radical (unpaired) electrons. The summed E-state index contributed by atoms with van der Waals surface area (Å²) >= 11 is 0. The van der Waals surface area contributed by atoms with Gasteiger partial charge >= 0.3 is 0 Å². The number of hydrogen-bond acceptors (Lipinski definition) is 5. The Hall–Kier alpha value is -4.00. The number of carbonyl (C=O) groups is 1. The molecule has 0 saturated carbocycles. The Labute approximate surface area is 191 Å². The van der Waals surface area contributed by atoms with Crippen LogP contribution in [0.1, 0.15) is 36.2 Å². The first-order chi connectivity index (χ1) is 16.1. The molecule has 1 saturated heterocycles. The van der Waals surface area contributed by atoms with Gasteiger partial charge in [0.25, 0.3) is 0 Å². The van der Waals surface area contributed by atoms with Crippen molar-refractivity contribution in [1.29, 1.82) is 0 Å². The highest BCUT2D eigenvalue weighted by Crippen LogP contribution is 2.27. The molecule has 0 amide bonds. The van der Waals surface area contributed by atoms with E-state index in [0.717, 1.165) is 42.9 Å². The summed E-state index contributed by atoms with van der Waals surface area (Å²) in [6.07, 6.45) is 5.32. The summed E-state index contributed by atoms with van der Waals surface area (Å²) in [5.74, 6) is 0.0777. The van der Waals surface area contributed by atoms with E-state index in [1.54, 1.807) is 30.1 Å². The van der Waals surface area contributed by atoms with Gasteiger partial charge in [-0.15, -0.1) is 0 Å². The van der Waals surface area contributed by atoms with Crippen LogP contribution in [0.2, 0.25) is 0 Å². The van der Waals surface area contributed by atoms with Crippen molar-refractivity contribution in [1.82, 2.24) is 19.6 Å². The lowest BCUT2D eigenvalue weighted by Gasteiger charge is -2.34. The van der Waals surface area contributed by atoms with Gasteiger partial charge in [-0.25, -0.2) is 4.68 Å². The molecule has 7 heteroatoms. The second-order valence-corrected chi connectivity index (χ2v) is 8.29. The fourth-order valence-electron chi connectivity index (χ4n) is 4.36. The van der Waals surface area contributed by atoms with E-state index in [4.69, 9.17) is 5.10 Å². The molecule has 0 N–H and O–H groups in total. The average molecular weight is 440 g/mol. The van der Waals surface area contributed by atoms with Crippen LogP contribution in [-0.4, -0.2) is 38.4 Å². The van der Waals surface area contributed by atoms with Gasteiger partial charge in [-0.3, -0.25) is 14.3 Å². The normalized spacial score (nSPS) is 14.4. The molecule has 7 nitrogen and oxygen atoms in total. The zero-order chi connectivity index (χ0) is 22.8. The van der Waals surface area contributed by atoms with Gasteiger partial charge in [-0.2, -0.15) is 10.2 Å². The van der Waals surface area contributed by atoms with Gasteiger partial charge in [-0.1, -0.05) is 18.2 Å². The van der Waals surface area contributed by atoms with E-state index in [2.05, 4.69) is 10.00 Å². The number of hydrogen-bond donors (Lipinski definition) is 0. The molecule has 166 valence electrons. The number of nitrogens with zero attached hydrogens (tertiary/aromatic N) is 5. The molecule has 1 aliphatic heterocycles. The molecular weight excluding hydrogens is 414 g/mol. The Morgan fingerprint density at radius 2 is 1.64 bits per heavy atom. The minimum absolute atomic E-state index is 0.0777. The average Bonchev–Trinajstić information content (AvgIpc) is 3.35. The molecular formula is C26H25N5O2. The molecule has 33 heavy (non-hydrogen) atoms. The van der Waals surface area contributed by atoms with Crippen LogP contribution in [0.15, 0.2) is 83.9 Å². The number of benzene rings is 2. The molecule has 0 aliphatic carbocycles. The van der Waals surface area contributed by atoms with Crippen molar-refractivity contribution >= 4 is 11.5 Å². The molecule has 3 heterocycles. The molecule has 0 spiro atoms. The molecule has 0 bridgehead atoms. The highest BCUT2D eigenvalue weighted by Gasteiger charge is 2.22. The first-order valence-electron chi connectivity index (χ1n) is 11.2. The van der Waals surface area contributed by atoms with Crippen molar-refractivity contribution in [2.75, 3.05) is 18.0 Å². The van der Waals surface area contributed by atoms with Crippen LogP contribution >= 0.6 is 0 Å². The van der Waals surface area contributed by atoms with Crippen LogP contribution in [0.25, 0.3) is 17.1 Å². The van der Waals surface area contributed by atoms with E-state index in [0.29, 0.717) is 11.4 Å². The van der Waals surface area contributed by atoms with Crippen LogP contribution in [0.3, 0.4) is 0 Å². The smallest absolute Gasteiger partial charge is 0.209 e. The summed E-state index contributed by atoms with van der Waals surface area (Å²) in [5, 5.41) is 9.15. The van der Waals surface area contributed by atoms with E-state index in [-0.39, 0.29) is 17.3 Å². The molecule has 1 fully saturated rings. The maximum absolute atomic E-state index is 12.7. The number of ketones is 1. The number of piperidine rings is 1. The maximum atomic E-state index is 12.7. The molecule has 5 rings (SSSR count). The number of carbonyl (C=O) groups excluding carboxylic acids is 1. The van der Waals surface area contributed by atoms with Crippen molar-refractivity contribution in [3.05, 3.63) is 94.9 Å². The standard InChI is InChI=1S/C26H25N5O2/c1-19(32)20-7-9-21(10-8-20)29-16-12-22(13-17-29)30-18-14-25(33)26(28-30)24-11-15-27-31(24)23-5-3-2-4-6-23/h2-11,14-15,18,22H,12-13,16-17H2,1H3. The van der Waals surface area contributed by atoms with Crippen molar-refractivity contribution in [2.24, 2.45) is 0 Å². The monoisotopic (exact) mass is 439 g/mol. The maximum Gasteiger partial charge on any atom is 0.209 e. The Morgan fingerprint density at radius 3 is 2.33 bits per heavy atom. The minimum Gasteiger partial charge on any atom is -0.371 e. The van der Waals surface area contributed by atoms with Gasteiger partial charge < -0.3 is 4.90 Å². The van der Waals surface area contributed by atoms with E-state index in [9.17, 15) is 9.59 Å². The summed E-state index contributed by atoms with van der Waals surface area (Å²) in [7, 11) is 0.